The molecule has 0 aromatic heterocycles. The maximum Gasteiger partial charge on any atom is 0.224 e. The molecule has 0 aliphatic carbocycles. The Hall–Kier alpha value is -1.64. The van der Waals surface area contributed by atoms with Gasteiger partial charge in [0.2, 0.25) is 5.91 Å². The van der Waals surface area contributed by atoms with E-state index in [1.54, 1.807) is 4.90 Å². The van der Waals surface area contributed by atoms with Crippen LogP contribution < -0.4 is 5.73 Å². The lowest BCUT2D eigenvalue weighted by molar-refractivity contribution is -0.133. The van der Waals surface area contributed by atoms with Crippen LogP contribution in [0.1, 0.15) is 31.7 Å². The monoisotopic (exact) mass is 373 g/mol. The molecule has 0 radical (unpaired) electrons. The normalized spacial score (nSPS) is 20.1. The zero-order valence-corrected chi connectivity index (χ0v) is 14.9. The molecule has 5 nitrogen and oxygen atoms in total. The van der Waals surface area contributed by atoms with E-state index in [-0.39, 0.29) is 30.9 Å². The highest BCUT2D eigenvalue weighted by Crippen LogP contribution is 2.17. The SMILES string of the molecule is CCCN1CCCN(C(=O)C[C@H](N)Cc2cc(F)c(F)cc2F)CC1O. The Morgan fingerprint density at radius 3 is 2.65 bits per heavy atom. The molecule has 1 aliphatic rings. The van der Waals surface area contributed by atoms with Gasteiger partial charge in [0, 0.05) is 38.2 Å². The highest BCUT2D eigenvalue weighted by atomic mass is 19.2. The fourth-order valence-electron chi connectivity index (χ4n) is 3.22. The van der Waals surface area contributed by atoms with E-state index < -0.39 is 29.7 Å². The van der Waals surface area contributed by atoms with Crippen molar-refractivity contribution in [2.45, 2.75) is 44.9 Å². The van der Waals surface area contributed by atoms with Crippen LogP contribution in [0.4, 0.5) is 13.2 Å². The van der Waals surface area contributed by atoms with E-state index in [4.69, 9.17) is 5.73 Å². The number of aliphatic hydroxyl groups excluding tert-OH is 1. The number of carbonyl (C=O) groups is 1. The van der Waals surface area contributed by atoms with E-state index in [1.165, 1.54) is 0 Å². The first-order valence-electron chi connectivity index (χ1n) is 8.90. The number of hydrogen-bond donors (Lipinski definition) is 2. The van der Waals surface area contributed by atoms with Gasteiger partial charge in [-0.05, 0) is 30.9 Å². The summed E-state index contributed by atoms with van der Waals surface area (Å²) in [6.07, 6.45) is 0.804. The van der Waals surface area contributed by atoms with E-state index in [0.29, 0.717) is 19.2 Å². The molecule has 1 aromatic carbocycles. The third-order valence-electron chi connectivity index (χ3n) is 4.55. The zero-order chi connectivity index (χ0) is 19.3. The number of nitrogens with two attached hydrogens (primary N) is 1. The van der Waals surface area contributed by atoms with Gasteiger partial charge >= 0.3 is 0 Å². The van der Waals surface area contributed by atoms with Gasteiger partial charge in [0.1, 0.15) is 12.0 Å². The van der Waals surface area contributed by atoms with Crippen LogP contribution in [0.25, 0.3) is 0 Å². The van der Waals surface area contributed by atoms with Gasteiger partial charge in [-0.15, -0.1) is 0 Å². The standard InChI is InChI=1S/C18H26F3N3O2/c1-2-4-23-5-3-6-24(11-18(23)26)17(25)9-13(22)7-12-8-15(20)16(21)10-14(12)19/h8,10,13,18,26H,2-7,9,11,22H2,1H3/t13-,18?/m1/s1. The Morgan fingerprint density at radius 2 is 1.96 bits per heavy atom. The van der Waals surface area contributed by atoms with Crippen molar-refractivity contribution in [1.29, 1.82) is 0 Å². The topological polar surface area (TPSA) is 69.8 Å². The second-order valence-electron chi connectivity index (χ2n) is 6.74. The van der Waals surface area contributed by atoms with Crippen LogP contribution in [0.3, 0.4) is 0 Å². The Bertz CT molecular complexity index is 630. The molecule has 3 N–H and O–H groups in total. The van der Waals surface area contributed by atoms with Crippen LogP contribution in [0, 0.1) is 17.5 Å². The third kappa shape index (κ3) is 5.43. The minimum Gasteiger partial charge on any atom is -0.376 e. The molecule has 1 amide bonds. The quantitative estimate of drug-likeness (QED) is 0.744. The number of halogens is 3. The first-order chi connectivity index (χ1) is 12.3. The smallest absolute Gasteiger partial charge is 0.224 e. The molecule has 2 rings (SSSR count). The van der Waals surface area contributed by atoms with Gasteiger partial charge in [0.15, 0.2) is 11.6 Å². The molecule has 26 heavy (non-hydrogen) atoms. The molecule has 8 heteroatoms. The Morgan fingerprint density at radius 1 is 1.27 bits per heavy atom. The zero-order valence-electron chi connectivity index (χ0n) is 14.9. The average Bonchev–Trinajstić information content (AvgIpc) is 2.75. The van der Waals surface area contributed by atoms with Gasteiger partial charge in [0.25, 0.3) is 0 Å². The molecule has 0 bridgehead atoms. The second kappa shape index (κ2) is 9.34. The van der Waals surface area contributed by atoms with Gasteiger partial charge in [0.05, 0.1) is 6.54 Å². The molecule has 1 saturated heterocycles. The maximum atomic E-state index is 13.7. The molecule has 1 fully saturated rings. The first-order valence-corrected chi connectivity index (χ1v) is 8.90. The molecule has 146 valence electrons. The molecule has 1 aliphatic heterocycles. The predicted octanol–water partition coefficient (Wildman–Crippen LogP) is 1.63. The third-order valence-corrected chi connectivity index (χ3v) is 4.55. The molecule has 1 aromatic rings. The number of hydrogen-bond acceptors (Lipinski definition) is 4. The van der Waals surface area contributed by atoms with E-state index in [1.807, 2.05) is 11.8 Å². The number of amides is 1. The van der Waals surface area contributed by atoms with Gasteiger partial charge in [-0.3, -0.25) is 9.69 Å². The summed E-state index contributed by atoms with van der Waals surface area (Å²) in [5.74, 6) is -3.53. The van der Waals surface area contributed by atoms with Crippen LogP contribution >= 0.6 is 0 Å². The second-order valence-corrected chi connectivity index (χ2v) is 6.74. The number of nitrogens with zero attached hydrogens (tertiary/aromatic N) is 2. The van der Waals surface area contributed by atoms with E-state index in [0.717, 1.165) is 25.5 Å². The van der Waals surface area contributed by atoms with Crippen LogP contribution in [0.15, 0.2) is 12.1 Å². The Kier molecular flexibility index (Phi) is 7.43. The highest BCUT2D eigenvalue weighted by Gasteiger charge is 2.26. The molecular formula is C18H26F3N3O2. The first kappa shape index (κ1) is 20.7. The summed E-state index contributed by atoms with van der Waals surface area (Å²) < 4.78 is 39.9. The van der Waals surface area contributed by atoms with E-state index >= 15 is 0 Å². The number of aliphatic hydroxyl groups is 1. The van der Waals surface area contributed by atoms with Gasteiger partial charge < -0.3 is 15.7 Å². The van der Waals surface area contributed by atoms with Crippen molar-refractivity contribution in [2.24, 2.45) is 5.73 Å². The summed E-state index contributed by atoms with van der Waals surface area (Å²) in [4.78, 5) is 15.9. The molecule has 1 unspecified atom stereocenters. The minimum atomic E-state index is -1.26. The van der Waals surface area contributed by atoms with Crippen molar-refractivity contribution < 1.29 is 23.1 Å². The van der Waals surface area contributed by atoms with E-state index in [2.05, 4.69) is 0 Å². The van der Waals surface area contributed by atoms with Gasteiger partial charge in [-0.2, -0.15) is 0 Å². The fourth-order valence-corrected chi connectivity index (χ4v) is 3.22. The van der Waals surface area contributed by atoms with Crippen LogP contribution in [0.5, 0.6) is 0 Å². The minimum absolute atomic E-state index is 0.0566. The summed E-state index contributed by atoms with van der Waals surface area (Å²) >= 11 is 0. The number of rotatable bonds is 6. The lowest BCUT2D eigenvalue weighted by atomic mass is 10.0. The largest absolute Gasteiger partial charge is 0.376 e. The molecule has 2 atom stereocenters. The summed E-state index contributed by atoms with van der Waals surface area (Å²) in [5.41, 5.74) is 5.85. The maximum absolute atomic E-state index is 13.7. The average molecular weight is 373 g/mol. The highest BCUT2D eigenvalue weighted by molar-refractivity contribution is 5.77. The summed E-state index contributed by atoms with van der Waals surface area (Å²) in [5, 5.41) is 10.2. The van der Waals surface area contributed by atoms with Crippen molar-refractivity contribution in [3.05, 3.63) is 35.1 Å². The Labute approximate surface area is 151 Å². The van der Waals surface area contributed by atoms with Crippen LogP contribution in [-0.4, -0.2) is 59.3 Å². The van der Waals surface area contributed by atoms with Crippen molar-refractivity contribution in [1.82, 2.24) is 9.80 Å². The van der Waals surface area contributed by atoms with Gasteiger partial charge in [-0.25, -0.2) is 13.2 Å². The molecule has 1 heterocycles. The predicted molar refractivity (Wildman–Crippen MR) is 91.7 cm³/mol. The number of β-amino-alcohol motifs (C(OH)–C–C–N with tert-alkyl or cyclic N) is 1. The van der Waals surface area contributed by atoms with Crippen molar-refractivity contribution >= 4 is 5.91 Å². The lowest BCUT2D eigenvalue weighted by Crippen LogP contribution is -2.44. The van der Waals surface area contributed by atoms with Crippen molar-refractivity contribution in [2.75, 3.05) is 26.2 Å². The summed E-state index contributed by atoms with van der Waals surface area (Å²) in [7, 11) is 0. The Balaban J connectivity index is 1.93. The lowest BCUT2D eigenvalue weighted by Gasteiger charge is -2.28. The van der Waals surface area contributed by atoms with Crippen LogP contribution in [0.2, 0.25) is 0 Å². The molecular weight excluding hydrogens is 347 g/mol. The number of carbonyl (C=O) groups excluding carboxylic acids is 1. The molecule has 0 saturated carbocycles. The summed E-state index contributed by atoms with van der Waals surface area (Å²) in [6, 6.07) is 0.522. The fraction of sp³-hybridized carbons (Fsp3) is 0.611. The van der Waals surface area contributed by atoms with Crippen molar-refractivity contribution in [3.63, 3.8) is 0 Å². The van der Waals surface area contributed by atoms with E-state index in [9.17, 15) is 23.1 Å². The molecule has 0 spiro atoms. The number of benzene rings is 1. The van der Waals surface area contributed by atoms with Crippen molar-refractivity contribution in [3.8, 4) is 0 Å². The van der Waals surface area contributed by atoms with Crippen LogP contribution in [-0.2, 0) is 11.2 Å². The summed E-state index contributed by atoms with van der Waals surface area (Å²) in [6.45, 7) is 4.22. The van der Waals surface area contributed by atoms with Gasteiger partial charge in [-0.1, -0.05) is 6.92 Å².